The normalized spacial score (nSPS) is 21.6. The molecule has 1 amide bonds. The Morgan fingerprint density at radius 2 is 2.14 bits per heavy atom. The van der Waals surface area contributed by atoms with E-state index in [4.69, 9.17) is 0 Å². The number of carbonyl (C=O) groups excluding carboxylic acids is 1. The Bertz CT molecular complexity index is 559. The number of nitrogens with one attached hydrogen (secondary N) is 1. The van der Waals surface area contributed by atoms with Gasteiger partial charge in [-0.25, -0.2) is 0 Å². The van der Waals surface area contributed by atoms with Gasteiger partial charge in [-0.2, -0.15) is 0 Å². The monoisotopic (exact) mass is 308 g/mol. The van der Waals surface area contributed by atoms with Crippen molar-refractivity contribution in [3.05, 3.63) is 34.9 Å². The third-order valence-corrected chi connectivity index (χ3v) is 4.85. The third kappa shape index (κ3) is 3.71. The van der Waals surface area contributed by atoms with Gasteiger partial charge in [-0.15, -0.1) is 0 Å². The third-order valence-electron chi connectivity index (χ3n) is 4.04. The summed E-state index contributed by atoms with van der Waals surface area (Å²) in [5.74, 6) is 0.750. The molecule has 116 valence electrons. The Morgan fingerprint density at radius 3 is 2.81 bits per heavy atom. The predicted molar refractivity (Wildman–Crippen MR) is 86.5 cm³/mol. The number of hydrogen-bond donors (Lipinski definition) is 1. The molecule has 1 N–H and O–H groups in total. The molecule has 1 aliphatic rings. The quantitative estimate of drug-likeness (QED) is 0.904. The van der Waals surface area contributed by atoms with E-state index in [0.29, 0.717) is 12.3 Å². The van der Waals surface area contributed by atoms with E-state index in [2.05, 4.69) is 37.4 Å². The average Bonchev–Trinajstić information content (AvgIpc) is 2.80. The number of rotatable bonds is 5. The molecule has 0 aliphatic carbocycles. The summed E-state index contributed by atoms with van der Waals surface area (Å²) < 4.78 is 11.3. The zero-order valence-corrected chi connectivity index (χ0v) is 14.0. The second kappa shape index (κ2) is 6.71. The molecular weight excluding hydrogens is 284 g/mol. The second-order valence-corrected chi connectivity index (χ2v) is 7.41. The summed E-state index contributed by atoms with van der Waals surface area (Å²) in [6, 6.07) is 6.41. The van der Waals surface area contributed by atoms with Gasteiger partial charge in [0.2, 0.25) is 5.91 Å². The summed E-state index contributed by atoms with van der Waals surface area (Å²) in [5, 5.41) is 3.31. The highest BCUT2D eigenvalue weighted by Gasteiger charge is 2.35. The van der Waals surface area contributed by atoms with Crippen LogP contribution < -0.4 is 5.32 Å². The lowest BCUT2D eigenvalue weighted by atomic mass is 10.0. The number of carbonyl (C=O) groups is 1. The van der Waals surface area contributed by atoms with Gasteiger partial charge in [0.1, 0.15) is 6.17 Å². The molecule has 3 atom stereocenters. The van der Waals surface area contributed by atoms with Crippen molar-refractivity contribution in [1.29, 1.82) is 0 Å². The summed E-state index contributed by atoms with van der Waals surface area (Å²) in [5.41, 5.74) is 3.54. The van der Waals surface area contributed by atoms with E-state index in [-0.39, 0.29) is 18.1 Å². The van der Waals surface area contributed by atoms with Crippen LogP contribution in [0, 0.1) is 13.8 Å². The number of benzene rings is 1. The fraction of sp³-hybridized carbons (Fsp3) is 0.562. The highest BCUT2D eigenvalue weighted by molar-refractivity contribution is 7.84. The lowest BCUT2D eigenvalue weighted by Gasteiger charge is -2.31. The van der Waals surface area contributed by atoms with Gasteiger partial charge in [0.25, 0.3) is 0 Å². The van der Waals surface area contributed by atoms with E-state index in [1.54, 1.807) is 6.26 Å². The first-order valence-corrected chi connectivity index (χ1v) is 9.04. The summed E-state index contributed by atoms with van der Waals surface area (Å²) >= 11 is 0. The molecule has 0 radical (unpaired) electrons. The Hall–Kier alpha value is -1.20. The molecular formula is C16H24N2O2S. The van der Waals surface area contributed by atoms with Gasteiger partial charge < -0.3 is 4.90 Å². The van der Waals surface area contributed by atoms with Crippen molar-refractivity contribution in [1.82, 2.24) is 10.2 Å². The molecule has 1 aromatic rings. The van der Waals surface area contributed by atoms with Gasteiger partial charge in [0.05, 0.1) is 6.54 Å². The predicted octanol–water partition coefficient (Wildman–Crippen LogP) is 1.89. The zero-order valence-electron chi connectivity index (χ0n) is 13.2. The van der Waals surface area contributed by atoms with E-state index in [0.717, 1.165) is 12.0 Å². The van der Waals surface area contributed by atoms with Crippen molar-refractivity contribution in [3.63, 3.8) is 0 Å². The molecule has 1 saturated heterocycles. The lowest BCUT2D eigenvalue weighted by molar-refractivity contribution is -0.130. The molecule has 1 heterocycles. The average molecular weight is 308 g/mol. The van der Waals surface area contributed by atoms with Crippen LogP contribution in [-0.2, 0) is 15.6 Å². The molecule has 4 nitrogen and oxygen atoms in total. The first-order chi connectivity index (χ1) is 9.90. The molecule has 1 aliphatic heterocycles. The van der Waals surface area contributed by atoms with Gasteiger partial charge >= 0.3 is 0 Å². The fourth-order valence-corrected chi connectivity index (χ4v) is 3.48. The van der Waals surface area contributed by atoms with Crippen molar-refractivity contribution < 1.29 is 9.00 Å². The summed E-state index contributed by atoms with van der Waals surface area (Å²) in [6.07, 6.45) is 2.40. The van der Waals surface area contributed by atoms with E-state index in [1.807, 2.05) is 11.8 Å². The molecule has 1 fully saturated rings. The van der Waals surface area contributed by atoms with Crippen LogP contribution in [0.1, 0.15) is 36.2 Å². The van der Waals surface area contributed by atoms with Crippen molar-refractivity contribution in [2.24, 2.45) is 0 Å². The topological polar surface area (TPSA) is 49.4 Å². The van der Waals surface area contributed by atoms with Gasteiger partial charge in [-0.3, -0.25) is 14.3 Å². The maximum atomic E-state index is 12.2. The molecule has 2 rings (SSSR count). The van der Waals surface area contributed by atoms with Crippen molar-refractivity contribution >= 4 is 16.7 Å². The van der Waals surface area contributed by atoms with Crippen LogP contribution in [0.2, 0.25) is 0 Å². The lowest BCUT2D eigenvalue weighted by Crippen LogP contribution is -2.39. The number of amides is 1. The number of hydrogen-bond acceptors (Lipinski definition) is 3. The molecule has 3 unspecified atom stereocenters. The summed E-state index contributed by atoms with van der Waals surface area (Å²) in [7, 11) is -0.820. The van der Waals surface area contributed by atoms with E-state index >= 15 is 0 Å². The number of nitrogens with zero attached hydrogens (tertiary/aromatic N) is 1. The first kappa shape index (κ1) is 16.2. The van der Waals surface area contributed by atoms with Gasteiger partial charge in [-0.1, -0.05) is 23.8 Å². The molecule has 0 aromatic heterocycles. The Kier molecular flexibility index (Phi) is 5.17. The molecule has 1 aromatic carbocycles. The van der Waals surface area contributed by atoms with Crippen LogP contribution in [0.25, 0.3) is 0 Å². The van der Waals surface area contributed by atoms with Gasteiger partial charge in [-0.05, 0) is 38.3 Å². The minimum Gasteiger partial charge on any atom is -0.319 e. The van der Waals surface area contributed by atoms with E-state index in [1.165, 1.54) is 11.1 Å². The maximum Gasteiger partial charge on any atom is 0.238 e. The largest absolute Gasteiger partial charge is 0.319 e. The smallest absolute Gasteiger partial charge is 0.238 e. The van der Waals surface area contributed by atoms with Crippen LogP contribution in [0.4, 0.5) is 0 Å². The Balaban J connectivity index is 2.23. The van der Waals surface area contributed by atoms with E-state index in [9.17, 15) is 9.00 Å². The Labute approximate surface area is 129 Å². The highest BCUT2D eigenvalue weighted by Crippen LogP contribution is 2.28. The summed E-state index contributed by atoms with van der Waals surface area (Å²) in [4.78, 5) is 14.1. The minimum absolute atomic E-state index is 0.0716. The van der Waals surface area contributed by atoms with Crippen molar-refractivity contribution in [2.45, 2.75) is 39.4 Å². The molecule has 0 bridgehead atoms. The van der Waals surface area contributed by atoms with E-state index < -0.39 is 10.8 Å². The van der Waals surface area contributed by atoms with Crippen LogP contribution in [0.5, 0.6) is 0 Å². The maximum absolute atomic E-state index is 12.2. The molecule has 0 saturated carbocycles. The van der Waals surface area contributed by atoms with Gasteiger partial charge in [0, 0.05) is 28.9 Å². The van der Waals surface area contributed by atoms with Crippen molar-refractivity contribution in [3.8, 4) is 0 Å². The van der Waals surface area contributed by atoms with Crippen LogP contribution in [0.3, 0.4) is 0 Å². The zero-order chi connectivity index (χ0) is 15.6. The summed E-state index contributed by atoms with van der Waals surface area (Å²) in [6.45, 7) is 6.55. The van der Waals surface area contributed by atoms with Crippen molar-refractivity contribution in [2.75, 3.05) is 18.6 Å². The molecule has 21 heavy (non-hydrogen) atoms. The second-order valence-electron chi connectivity index (χ2n) is 5.86. The SMILES string of the molecule is Cc1ccc(C)c(C2NCC(=O)N2C(C)CCS(C)=O)c1. The van der Waals surface area contributed by atoms with Crippen LogP contribution in [0.15, 0.2) is 18.2 Å². The standard InChI is InChI=1S/C16H24N2O2S/c1-11-5-6-12(2)14(9-11)16-17-10-15(19)18(16)13(3)7-8-21(4)20/h5-6,9,13,16-17H,7-8,10H2,1-4H3. The van der Waals surface area contributed by atoms with Crippen LogP contribution >= 0.6 is 0 Å². The molecule has 5 heteroatoms. The molecule has 0 spiro atoms. The Morgan fingerprint density at radius 1 is 1.43 bits per heavy atom. The fourth-order valence-electron chi connectivity index (χ4n) is 2.81. The number of aryl methyl sites for hydroxylation is 2. The van der Waals surface area contributed by atoms with Crippen LogP contribution in [-0.4, -0.2) is 39.6 Å². The highest BCUT2D eigenvalue weighted by atomic mass is 32.2. The van der Waals surface area contributed by atoms with Gasteiger partial charge in [0.15, 0.2) is 0 Å². The first-order valence-electron chi connectivity index (χ1n) is 7.32. The minimum atomic E-state index is -0.820.